The first-order valence-corrected chi connectivity index (χ1v) is 11.4. The summed E-state index contributed by atoms with van der Waals surface area (Å²) in [6.07, 6.45) is 3.65. The number of pyridine rings is 1. The Morgan fingerprint density at radius 2 is 2.12 bits per heavy atom. The van der Waals surface area contributed by atoms with Gasteiger partial charge >= 0.3 is 0 Å². The summed E-state index contributed by atoms with van der Waals surface area (Å²) in [6, 6.07) is 7.87. The second kappa shape index (κ2) is 9.22. The molecule has 1 N–H and O–H groups in total. The first kappa shape index (κ1) is 22.0. The van der Waals surface area contributed by atoms with Crippen LogP contribution in [0.5, 0.6) is 5.75 Å². The number of hydrogen-bond donors (Lipinski definition) is 1. The lowest BCUT2D eigenvalue weighted by Crippen LogP contribution is -2.41. The van der Waals surface area contributed by atoms with E-state index in [4.69, 9.17) is 19.4 Å². The zero-order valence-corrected chi connectivity index (χ0v) is 19.8. The van der Waals surface area contributed by atoms with Crippen molar-refractivity contribution >= 4 is 28.4 Å². The van der Waals surface area contributed by atoms with Crippen molar-refractivity contribution in [2.45, 2.75) is 26.9 Å². The molecule has 4 aromatic rings. The molecule has 0 bridgehead atoms. The van der Waals surface area contributed by atoms with E-state index in [1.165, 1.54) is 0 Å². The summed E-state index contributed by atoms with van der Waals surface area (Å²) in [5.41, 5.74) is 3.43. The predicted octanol–water partition coefficient (Wildman–Crippen LogP) is 3.50. The van der Waals surface area contributed by atoms with E-state index in [1.807, 2.05) is 55.9 Å². The molecule has 4 heterocycles. The third-order valence-corrected chi connectivity index (χ3v) is 5.71. The van der Waals surface area contributed by atoms with Gasteiger partial charge in [-0.15, -0.1) is 10.2 Å². The van der Waals surface area contributed by atoms with Crippen LogP contribution in [0.25, 0.3) is 22.3 Å². The third-order valence-electron chi connectivity index (χ3n) is 5.71. The zero-order valence-electron chi connectivity index (χ0n) is 19.8. The van der Waals surface area contributed by atoms with Gasteiger partial charge in [0.25, 0.3) is 0 Å². The number of benzene rings is 1. The quantitative estimate of drug-likeness (QED) is 0.463. The molecule has 1 aliphatic heterocycles. The van der Waals surface area contributed by atoms with Crippen molar-refractivity contribution in [2.24, 2.45) is 7.05 Å². The maximum absolute atomic E-state index is 5.91. The molecule has 5 rings (SSSR count). The molecule has 1 fully saturated rings. The van der Waals surface area contributed by atoms with Gasteiger partial charge in [-0.1, -0.05) is 0 Å². The van der Waals surface area contributed by atoms with E-state index in [9.17, 15) is 0 Å². The molecule has 10 heteroatoms. The highest BCUT2D eigenvalue weighted by atomic mass is 16.5. The van der Waals surface area contributed by atoms with Crippen LogP contribution in [-0.4, -0.2) is 62.1 Å². The van der Waals surface area contributed by atoms with Crippen LogP contribution < -0.4 is 15.0 Å². The Morgan fingerprint density at radius 3 is 2.88 bits per heavy atom. The van der Waals surface area contributed by atoms with E-state index >= 15 is 0 Å². The molecular weight excluding hydrogens is 432 g/mol. The highest BCUT2D eigenvalue weighted by Gasteiger charge is 2.21. The maximum Gasteiger partial charge on any atom is 0.227 e. The van der Waals surface area contributed by atoms with Crippen molar-refractivity contribution in [3.63, 3.8) is 0 Å². The van der Waals surface area contributed by atoms with Crippen molar-refractivity contribution in [2.75, 3.05) is 36.5 Å². The highest BCUT2D eigenvalue weighted by Crippen LogP contribution is 2.33. The Kier molecular flexibility index (Phi) is 5.97. The molecule has 0 saturated carbocycles. The minimum atomic E-state index is 0.145. The van der Waals surface area contributed by atoms with Crippen molar-refractivity contribution in [1.82, 2.24) is 29.7 Å². The molecule has 0 spiro atoms. The number of fused-ring (bicyclic) bond motifs is 1. The fraction of sp³-hybridized carbons (Fsp3) is 0.375. The van der Waals surface area contributed by atoms with Gasteiger partial charge < -0.3 is 24.3 Å². The average Bonchev–Trinajstić information content (AvgIpc) is 3.26. The van der Waals surface area contributed by atoms with Gasteiger partial charge in [0, 0.05) is 43.0 Å². The maximum atomic E-state index is 5.91. The Bertz CT molecular complexity index is 1320. The van der Waals surface area contributed by atoms with Crippen molar-refractivity contribution in [1.29, 1.82) is 0 Å². The number of nitrogens with zero attached hydrogens (tertiary/aromatic N) is 7. The lowest BCUT2D eigenvalue weighted by molar-refractivity contribution is 0.0530. The Balaban J connectivity index is 1.51. The molecule has 0 amide bonds. The SMILES string of the molecule is CCOc1cc(-c2nncn2C)ccc1Nc1ncc2cc(C)nc(N3CCOC(C)C3)c2n1. The Morgan fingerprint density at radius 1 is 1.24 bits per heavy atom. The van der Waals surface area contributed by atoms with Gasteiger partial charge in [0.15, 0.2) is 11.6 Å². The standard InChI is InChI=1S/C24H28N8O2/c1-5-33-20-11-17(22-30-26-14-31(22)4)6-7-19(20)28-24-25-12-18-10-15(2)27-23(21(18)29-24)32-8-9-34-16(3)13-32/h6-7,10-12,14,16H,5,8-9,13H2,1-4H3,(H,25,28,29). The lowest BCUT2D eigenvalue weighted by Gasteiger charge is -2.32. The summed E-state index contributed by atoms with van der Waals surface area (Å²) in [6.45, 7) is 8.77. The van der Waals surface area contributed by atoms with Crippen LogP contribution in [0.2, 0.25) is 0 Å². The molecular formula is C24H28N8O2. The van der Waals surface area contributed by atoms with Crippen molar-refractivity contribution in [3.8, 4) is 17.1 Å². The smallest absolute Gasteiger partial charge is 0.227 e. The summed E-state index contributed by atoms with van der Waals surface area (Å²) in [5, 5.41) is 12.4. The van der Waals surface area contributed by atoms with Crippen LogP contribution in [0.4, 0.5) is 17.5 Å². The van der Waals surface area contributed by atoms with Gasteiger partial charge in [0.05, 0.1) is 25.0 Å². The molecule has 1 aromatic carbocycles. The minimum absolute atomic E-state index is 0.145. The topological polar surface area (TPSA) is 103 Å². The summed E-state index contributed by atoms with van der Waals surface area (Å²) >= 11 is 0. The third kappa shape index (κ3) is 4.36. The number of hydrogen-bond acceptors (Lipinski definition) is 9. The number of aryl methyl sites for hydroxylation is 2. The lowest BCUT2D eigenvalue weighted by atomic mass is 10.1. The Hall–Kier alpha value is -3.79. The van der Waals surface area contributed by atoms with E-state index < -0.39 is 0 Å². The highest BCUT2D eigenvalue weighted by molar-refractivity contribution is 5.89. The first-order chi connectivity index (χ1) is 16.5. The van der Waals surface area contributed by atoms with Crippen molar-refractivity contribution < 1.29 is 9.47 Å². The number of anilines is 3. The zero-order chi connectivity index (χ0) is 23.7. The van der Waals surface area contributed by atoms with Gasteiger partial charge in [-0.25, -0.2) is 15.0 Å². The van der Waals surface area contributed by atoms with Crippen LogP contribution in [0.1, 0.15) is 19.5 Å². The molecule has 3 aromatic heterocycles. The summed E-state index contributed by atoms with van der Waals surface area (Å²) in [7, 11) is 1.91. The first-order valence-electron chi connectivity index (χ1n) is 11.4. The van der Waals surface area contributed by atoms with Gasteiger partial charge in [-0.3, -0.25) is 0 Å². The molecule has 1 unspecified atom stereocenters. The molecule has 0 aliphatic carbocycles. The van der Waals surface area contributed by atoms with E-state index in [0.717, 1.165) is 52.6 Å². The molecule has 10 nitrogen and oxygen atoms in total. The van der Waals surface area contributed by atoms with Crippen LogP contribution in [0, 0.1) is 6.92 Å². The monoisotopic (exact) mass is 460 g/mol. The number of aromatic nitrogens is 6. The molecule has 1 atom stereocenters. The van der Waals surface area contributed by atoms with E-state index in [1.54, 1.807) is 6.33 Å². The molecule has 1 saturated heterocycles. The number of morpholine rings is 1. The minimum Gasteiger partial charge on any atom is -0.492 e. The molecule has 176 valence electrons. The van der Waals surface area contributed by atoms with Crippen LogP contribution in [-0.2, 0) is 11.8 Å². The summed E-state index contributed by atoms with van der Waals surface area (Å²) < 4.78 is 13.5. The van der Waals surface area contributed by atoms with Crippen LogP contribution in [0.3, 0.4) is 0 Å². The summed E-state index contributed by atoms with van der Waals surface area (Å²) in [4.78, 5) is 16.5. The number of rotatable bonds is 6. The van der Waals surface area contributed by atoms with Gasteiger partial charge in [0.1, 0.15) is 17.6 Å². The Labute approximate surface area is 198 Å². The van der Waals surface area contributed by atoms with E-state index in [-0.39, 0.29) is 6.10 Å². The molecule has 0 radical (unpaired) electrons. The normalized spacial score (nSPS) is 16.1. The predicted molar refractivity (Wildman–Crippen MR) is 131 cm³/mol. The van der Waals surface area contributed by atoms with Gasteiger partial charge in [0.2, 0.25) is 5.95 Å². The number of ether oxygens (including phenoxy) is 2. The second-order valence-corrected chi connectivity index (χ2v) is 8.38. The largest absolute Gasteiger partial charge is 0.492 e. The van der Waals surface area contributed by atoms with Crippen LogP contribution >= 0.6 is 0 Å². The molecule has 1 aliphatic rings. The van der Waals surface area contributed by atoms with Crippen molar-refractivity contribution in [3.05, 3.63) is 42.5 Å². The van der Waals surface area contributed by atoms with E-state index in [0.29, 0.717) is 24.9 Å². The second-order valence-electron chi connectivity index (χ2n) is 8.38. The number of nitrogens with one attached hydrogen (secondary N) is 1. The van der Waals surface area contributed by atoms with Crippen LogP contribution in [0.15, 0.2) is 36.8 Å². The average molecular weight is 461 g/mol. The fourth-order valence-corrected chi connectivity index (χ4v) is 4.15. The fourth-order valence-electron chi connectivity index (χ4n) is 4.15. The van der Waals surface area contributed by atoms with E-state index in [2.05, 4.69) is 32.3 Å². The van der Waals surface area contributed by atoms with Gasteiger partial charge in [-0.05, 0) is 45.0 Å². The summed E-state index contributed by atoms with van der Waals surface area (Å²) in [5.74, 6) is 2.79. The molecule has 34 heavy (non-hydrogen) atoms. The van der Waals surface area contributed by atoms with Gasteiger partial charge in [-0.2, -0.15) is 0 Å².